The Morgan fingerprint density at radius 2 is 2.11 bits per heavy atom. The fourth-order valence-electron chi connectivity index (χ4n) is 3.19. The number of hydrogen-bond acceptors (Lipinski definition) is 5. The molecule has 2 aliphatic rings. The Balaban J connectivity index is 1.45. The van der Waals surface area contributed by atoms with Crippen molar-refractivity contribution in [2.75, 3.05) is 18.4 Å². The lowest BCUT2D eigenvalue weighted by Gasteiger charge is -2.31. The summed E-state index contributed by atoms with van der Waals surface area (Å²) in [7, 11) is 0. The monoisotopic (exact) mass is 364 g/mol. The van der Waals surface area contributed by atoms with E-state index in [1.165, 1.54) is 6.08 Å². The third kappa shape index (κ3) is 3.46. The van der Waals surface area contributed by atoms with E-state index in [0.717, 1.165) is 18.5 Å². The number of nitrogens with zero attached hydrogens (tertiary/aromatic N) is 3. The van der Waals surface area contributed by atoms with Crippen molar-refractivity contribution >= 4 is 28.8 Å². The van der Waals surface area contributed by atoms with Crippen molar-refractivity contribution in [2.45, 2.75) is 18.9 Å². The maximum Gasteiger partial charge on any atom is 0.259 e. The highest BCUT2D eigenvalue weighted by Gasteiger charge is 2.22. The van der Waals surface area contributed by atoms with Crippen molar-refractivity contribution in [3.05, 3.63) is 54.5 Å². The Morgan fingerprint density at radius 3 is 2.78 bits per heavy atom. The number of fused-ring (bicyclic) bond motifs is 1. The summed E-state index contributed by atoms with van der Waals surface area (Å²) in [6, 6.07) is 0.201. The first-order valence-corrected chi connectivity index (χ1v) is 8.86. The summed E-state index contributed by atoms with van der Waals surface area (Å²) in [6.07, 6.45) is 11.8. The van der Waals surface area contributed by atoms with E-state index in [1.54, 1.807) is 17.3 Å². The minimum absolute atomic E-state index is 0.0333. The Hall–Kier alpha value is -3.42. The molecular weight excluding hydrogens is 344 g/mol. The number of amides is 2. The fraction of sp³-hybridized carbons (Fsp3) is 0.263. The largest absolute Gasteiger partial charge is 0.366 e. The highest BCUT2D eigenvalue weighted by Crippen LogP contribution is 2.20. The number of aromatic nitrogens is 3. The van der Waals surface area contributed by atoms with Crippen LogP contribution in [0, 0.1) is 0 Å². The Bertz CT molecular complexity index is 966. The number of carbonyl (C=O) groups is 2. The molecule has 0 unspecified atom stereocenters. The third-order valence-corrected chi connectivity index (χ3v) is 4.77. The van der Waals surface area contributed by atoms with Crippen molar-refractivity contribution in [1.29, 1.82) is 0 Å². The second-order valence-electron chi connectivity index (χ2n) is 6.54. The number of hydrogen-bond donors (Lipinski definition) is 3. The van der Waals surface area contributed by atoms with E-state index in [2.05, 4.69) is 32.2 Å². The van der Waals surface area contributed by atoms with E-state index >= 15 is 0 Å². The van der Waals surface area contributed by atoms with Crippen molar-refractivity contribution < 1.29 is 9.59 Å². The van der Waals surface area contributed by atoms with Gasteiger partial charge in [-0.25, -0.2) is 9.97 Å². The molecule has 1 aliphatic carbocycles. The van der Waals surface area contributed by atoms with Gasteiger partial charge in [-0.2, -0.15) is 0 Å². The van der Waals surface area contributed by atoms with Gasteiger partial charge in [-0.15, -0.1) is 0 Å². The minimum Gasteiger partial charge on any atom is -0.366 e. The minimum atomic E-state index is -0.223. The van der Waals surface area contributed by atoms with Gasteiger partial charge in [0.1, 0.15) is 11.3 Å². The first-order chi connectivity index (χ1) is 13.1. The molecule has 0 bridgehead atoms. The summed E-state index contributed by atoms with van der Waals surface area (Å²) in [5, 5.41) is 6.18. The number of piperidine rings is 1. The van der Waals surface area contributed by atoms with E-state index in [4.69, 9.17) is 0 Å². The second-order valence-corrected chi connectivity index (χ2v) is 6.54. The van der Waals surface area contributed by atoms with Crippen LogP contribution in [-0.2, 0) is 4.79 Å². The fourth-order valence-corrected chi connectivity index (χ4v) is 3.19. The van der Waals surface area contributed by atoms with E-state index in [0.29, 0.717) is 35.6 Å². The molecule has 1 saturated heterocycles. The molecule has 2 amide bonds. The zero-order valence-electron chi connectivity index (χ0n) is 14.7. The predicted molar refractivity (Wildman–Crippen MR) is 102 cm³/mol. The maximum atomic E-state index is 12.4. The summed E-state index contributed by atoms with van der Waals surface area (Å²) in [6.45, 7) is 4.89. The average molecular weight is 364 g/mol. The van der Waals surface area contributed by atoms with Gasteiger partial charge < -0.3 is 20.5 Å². The highest BCUT2D eigenvalue weighted by atomic mass is 16.2. The summed E-state index contributed by atoms with van der Waals surface area (Å²) in [4.78, 5) is 37.8. The zero-order valence-corrected chi connectivity index (χ0v) is 14.7. The van der Waals surface area contributed by atoms with Gasteiger partial charge in [-0.3, -0.25) is 9.59 Å². The molecule has 8 heteroatoms. The standard InChI is InChI=1S/C19H20N6O2/c1-2-16(26)25-8-6-13(7-9-25)22-15-11-21-18-17(24-15)14(10-20-18)19(27)23-12-4-3-5-12/h2-5,10-11,13H,1,6-9H2,(H,20,21)(H,22,24)(H,23,27). The summed E-state index contributed by atoms with van der Waals surface area (Å²) < 4.78 is 0. The molecule has 27 heavy (non-hydrogen) atoms. The van der Waals surface area contributed by atoms with Crippen molar-refractivity contribution in [3.63, 3.8) is 0 Å². The van der Waals surface area contributed by atoms with Crippen LogP contribution in [0.5, 0.6) is 0 Å². The van der Waals surface area contributed by atoms with Gasteiger partial charge in [0, 0.05) is 31.0 Å². The van der Waals surface area contributed by atoms with E-state index < -0.39 is 0 Å². The summed E-state index contributed by atoms with van der Waals surface area (Å²) in [5.41, 5.74) is 2.32. The van der Waals surface area contributed by atoms with Crippen LogP contribution in [-0.4, -0.2) is 50.8 Å². The molecule has 0 radical (unpaired) electrons. The molecule has 3 heterocycles. The quantitative estimate of drug-likeness (QED) is 0.701. The molecule has 0 spiro atoms. The van der Waals surface area contributed by atoms with Crippen LogP contribution in [0.15, 0.2) is 49.0 Å². The van der Waals surface area contributed by atoms with Gasteiger partial charge in [-0.1, -0.05) is 12.7 Å². The van der Waals surface area contributed by atoms with Gasteiger partial charge >= 0.3 is 0 Å². The highest BCUT2D eigenvalue weighted by molar-refractivity contribution is 6.05. The smallest absolute Gasteiger partial charge is 0.259 e. The molecular formula is C19H20N6O2. The first kappa shape index (κ1) is 17.0. The molecule has 0 saturated carbocycles. The third-order valence-electron chi connectivity index (χ3n) is 4.77. The zero-order chi connectivity index (χ0) is 18.8. The van der Waals surface area contributed by atoms with E-state index in [1.807, 2.05) is 18.2 Å². The Morgan fingerprint density at radius 1 is 1.33 bits per heavy atom. The molecule has 138 valence electrons. The summed E-state index contributed by atoms with van der Waals surface area (Å²) in [5.74, 6) is 0.362. The molecule has 2 aromatic rings. The first-order valence-electron chi connectivity index (χ1n) is 8.86. The summed E-state index contributed by atoms with van der Waals surface area (Å²) >= 11 is 0. The Kier molecular flexibility index (Phi) is 4.45. The van der Waals surface area contributed by atoms with E-state index in [-0.39, 0.29) is 17.9 Å². The molecule has 0 aromatic carbocycles. The lowest BCUT2D eigenvalue weighted by molar-refractivity contribution is -0.126. The van der Waals surface area contributed by atoms with Crippen LogP contribution in [0.1, 0.15) is 23.2 Å². The van der Waals surface area contributed by atoms with Crippen LogP contribution >= 0.6 is 0 Å². The number of likely N-dealkylation sites (tertiary alicyclic amines) is 1. The number of nitrogens with one attached hydrogen (secondary N) is 3. The van der Waals surface area contributed by atoms with Crippen LogP contribution in [0.4, 0.5) is 5.82 Å². The molecule has 0 atom stereocenters. The molecule has 2 aromatic heterocycles. The SMILES string of the molecule is C=CC(=O)N1CCC(Nc2cnc3[nH]cc(C(=O)NC4=CC=C4)c3n2)CC1. The van der Waals surface area contributed by atoms with E-state index in [9.17, 15) is 9.59 Å². The molecule has 4 rings (SSSR count). The van der Waals surface area contributed by atoms with Crippen molar-refractivity contribution in [2.24, 2.45) is 0 Å². The van der Waals surface area contributed by atoms with Gasteiger partial charge in [0.25, 0.3) is 5.91 Å². The molecule has 3 N–H and O–H groups in total. The maximum absolute atomic E-state index is 12.4. The average Bonchev–Trinajstić information content (AvgIpc) is 3.08. The second kappa shape index (κ2) is 7.06. The Labute approximate surface area is 156 Å². The van der Waals surface area contributed by atoms with Crippen LogP contribution in [0.3, 0.4) is 0 Å². The molecule has 1 aliphatic heterocycles. The van der Waals surface area contributed by atoms with Gasteiger partial charge in [0.2, 0.25) is 5.91 Å². The van der Waals surface area contributed by atoms with Gasteiger partial charge in [0.15, 0.2) is 5.65 Å². The van der Waals surface area contributed by atoms with Crippen molar-refractivity contribution in [1.82, 2.24) is 25.2 Å². The number of rotatable bonds is 5. The lowest BCUT2D eigenvalue weighted by Crippen LogP contribution is -2.41. The normalized spacial score (nSPS) is 16.6. The van der Waals surface area contributed by atoms with Crippen molar-refractivity contribution in [3.8, 4) is 0 Å². The van der Waals surface area contributed by atoms with Crippen LogP contribution < -0.4 is 10.6 Å². The molecule has 8 nitrogen and oxygen atoms in total. The number of allylic oxidation sites excluding steroid dienone is 3. The number of anilines is 1. The van der Waals surface area contributed by atoms with Crippen LogP contribution in [0.25, 0.3) is 11.2 Å². The number of H-pyrrole nitrogens is 1. The van der Waals surface area contributed by atoms with Gasteiger partial charge in [0.05, 0.1) is 11.8 Å². The lowest BCUT2D eigenvalue weighted by atomic mass is 10.1. The predicted octanol–water partition coefficient (Wildman–Crippen LogP) is 1.73. The number of carbonyl (C=O) groups excluding carboxylic acids is 2. The number of aromatic amines is 1. The molecule has 1 fully saturated rings. The van der Waals surface area contributed by atoms with Crippen LogP contribution in [0.2, 0.25) is 0 Å². The van der Waals surface area contributed by atoms with Gasteiger partial charge in [-0.05, 0) is 31.1 Å². The topological polar surface area (TPSA) is 103 Å².